The van der Waals surface area contributed by atoms with E-state index in [4.69, 9.17) is 4.74 Å². The number of hydrogen-bond acceptors (Lipinski definition) is 3. The van der Waals surface area contributed by atoms with Crippen LogP contribution in [0.1, 0.15) is 18.6 Å². The molecule has 1 aromatic rings. The predicted molar refractivity (Wildman–Crippen MR) is 56.2 cm³/mol. The van der Waals surface area contributed by atoms with Crippen molar-refractivity contribution in [2.24, 2.45) is 4.99 Å². The Morgan fingerprint density at radius 3 is 2.93 bits per heavy atom. The van der Waals surface area contributed by atoms with E-state index in [0.717, 1.165) is 17.9 Å². The predicted octanol–water partition coefficient (Wildman–Crippen LogP) is 1.72. The number of ether oxygens (including phenoxy) is 1. The number of nitrogens with one attached hydrogen (secondary N) is 1. The first-order valence-corrected chi connectivity index (χ1v) is 4.86. The second-order valence-corrected chi connectivity index (χ2v) is 3.16. The molecule has 74 valence electrons. The van der Waals surface area contributed by atoms with Crippen molar-refractivity contribution in [3.05, 3.63) is 35.9 Å². The maximum atomic E-state index is 5.54. The van der Waals surface area contributed by atoms with Gasteiger partial charge in [-0.2, -0.15) is 0 Å². The van der Waals surface area contributed by atoms with Crippen molar-refractivity contribution in [2.45, 2.75) is 13.0 Å². The van der Waals surface area contributed by atoms with E-state index < -0.39 is 0 Å². The lowest BCUT2D eigenvalue weighted by atomic mass is 10.1. The smallest absolute Gasteiger partial charge is 0.142 e. The highest BCUT2D eigenvalue weighted by molar-refractivity contribution is 5.88. The summed E-state index contributed by atoms with van der Waals surface area (Å²) >= 11 is 0. The summed E-state index contributed by atoms with van der Waals surface area (Å²) in [6, 6.07) is 10.1. The number of hydrogen-bond donors (Lipinski definition) is 1. The lowest BCUT2D eigenvalue weighted by Crippen LogP contribution is -2.27. The van der Waals surface area contributed by atoms with Gasteiger partial charge in [0.2, 0.25) is 0 Å². The van der Waals surface area contributed by atoms with Gasteiger partial charge >= 0.3 is 0 Å². The Balaban J connectivity index is 2.16. The van der Waals surface area contributed by atoms with Crippen LogP contribution in [0, 0.1) is 0 Å². The number of nitrogens with zero attached hydrogens (tertiary/aromatic N) is 1. The van der Waals surface area contributed by atoms with E-state index in [0.29, 0.717) is 6.73 Å². The first-order valence-electron chi connectivity index (χ1n) is 4.86. The van der Waals surface area contributed by atoms with Crippen LogP contribution in [0.3, 0.4) is 0 Å². The zero-order valence-corrected chi connectivity index (χ0v) is 8.23. The van der Waals surface area contributed by atoms with E-state index in [-0.39, 0.29) is 6.10 Å². The summed E-state index contributed by atoms with van der Waals surface area (Å²) in [5.74, 6) is 0.943. The Bertz CT molecular complexity index is 321. The van der Waals surface area contributed by atoms with Crippen molar-refractivity contribution in [3.63, 3.8) is 0 Å². The minimum absolute atomic E-state index is 0.00356. The molecule has 0 fully saturated rings. The van der Waals surface area contributed by atoms with Crippen LogP contribution >= 0.6 is 0 Å². The molecule has 14 heavy (non-hydrogen) atoms. The molecular formula is C11H14N2O. The monoisotopic (exact) mass is 190 g/mol. The zero-order valence-electron chi connectivity index (χ0n) is 8.23. The number of rotatable bonds is 2. The molecule has 0 aliphatic carbocycles. The molecule has 1 heterocycles. The molecule has 3 heteroatoms. The van der Waals surface area contributed by atoms with E-state index in [9.17, 15) is 0 Å². The SMILES string of the molecule is CCNC1=NCOC1c1ccccc1. The fourth-order valence-corrected chi connectivity index (χ4v) is 1.55. The summed E-state index contributed by atoms with van der Waals surface area (Å²) in [7, 11) is 0. The van der Waals surface area contributed by atoms with Crippen LogP contribution in [0.25, 0.3) is 0 Å². The largest absolute Gasteiger partial charge is 0.372 e. The average Bonchev–Trinajstić information content (AvgIpc) is 2.68. The summed E-state index contributed by atoms with van der Waals surface area (Å²) in [6.45, 7) is 3.40. The fourth-order valence-electron chi connectivity index (χ4n) is 1.55. The van der Waals surface area contributed by atoms with Gasteiger partial charge in [-0.1, -0.05) is 30.3 Å². The van der Waals surface area contributed by atoms with Gasteiger partial charge in [-0.05, 0) is 12.5 Å². The van der Waals surface area contributed by atoms with Gasteiger partial charge in [-0.25, -0.2) is 4.99 Å². The topological polar surface area (TPSA) is 33.6 Å². The van der Waals surface area contributed by atoms with E-state index in [1.54, 1.807) is 0 Å². The van der Waals surface area contributed by atoms with Gasteiger partial charge in [0, 0.05) is 6.54 Å². The Morgan fingerprint density at radius 2 is 2.21 bits per heavy atom. The lowest BCUT2D eigenvalue weighted by molar-refractivity contribution is 0.126. The van der Waals surface area contributed by atoms with Crippen LogP contribution < -0.4 is 5.32 Å². The van der Waals surface area contributed by atoms with Crippen molar-refractivity contribution in [3.8, 4) is 0 Å². The molecule has 1 atom stereocenters. The van der Waals surface area contributed by atoms with Gasteiger partial charge in [-0.3, -0.25) is 0 Å². The number of amidine groups is 1. The standard InChI is InChI=1S/C11H14N2O/c1-2-12-11-10(14-8-13-11)9-6-4-3-5-7-9/h3-7,10H,2,8H2,1H3,(H,12,13). The average molecular weight is 190 g/mol. The van der Waals surface area contributed by atoms with Gasteiger partial charge in [0.25, 0.3) is 0 Å². The van der Waals surface area contributed by atoms with Gasteiger partial charge in [-0.15, -0.1) is 0 Å². The van der Waals surface area contributed by atoms with Crippen LogP contribution in [0.2, 0.25) is 0 Å². The van der Waals surface area contributed by atoms with Crippen LogP contribution in [0.4, 0.5) is 0 Å². The third-order valence-electron chi connectivity index (χ3n) is 2.18. The Morgan fingerprint density at radius 1 is 1.43 bits per heavy atom. The minimum atomic E-state index is -0.00356. The normalized spacial score (nSPS) is 20.6. The molecule has 2 rings (SSSR count). The minimum Gasteiger partial charge on any atom is -0.372 e. The molecule has 0 bridgehead atoms. The highest BCUT2D eigenvalue weighted by Gasteiger charge is 2.22. The number of likely N-dealkylation sites (N-methyl/N-ethyl adjacent to an activating group) is 1. The van der Waals surface area contributed by atoms with Crippen LogP contribution in [0.15, 0.2) is 35.3 Å². The molecule has 0 amide bonds. The van der Waals surface area contributed by atoms with Crippen LogP contribution in [-0.4, -0.2) is 19.1 Å². The molecule has 0 radical (unpaired) electrons. The Kier molecular flexibility index (Phi) is 2.79. The Hall–Kier alpha value is -1.35. The molecule has 1 aliphatic rings. The highest BCUT2D eigenvalue weighted by Crippen LogP contribution is 2.21. The van der Waals surface area contributed by atoms with Gasteiger partial charge < -0.3 is 10.1 Å². The highest BCUT2D eigenvalue weighted by atomic mass is 16.5. The first kappa shape index (κ1) is 9.21. The quantitative estimate of drug-likeness (QED) is 0.770. The second-order valence-electron chi connectivity index (χ2n) is 3.16. The van der Waals surface area contributed by atoms with Crippen molar-refractivity contribution in [2.75, 3.05) is 13.3 Å². The van der Waals surface area contributed by atoms with E-state index in [2.05, 4.69) is 29.4 Å². The summed E-state index contributed by atoms with van der Waals surface area (Å²) in [5.41, 5.74) is 1.16. The maximum absolute atomic E-state index is 5.54. The van der Waals surface area contributed by atoms with Crippen LogP contribution in [0.5, 0.6) is 0 Å². The van der Waals surface area contributed by atoms with Crippen molar-refractivity contribution >= 4 is 5.84 Å². The summed E-state index contributed by atoms with van der Waals surface area (Å²) in [5, 5.41) is 3.22. The molecule has 0 spiro atoms. The third-order valence-corrected chi connectivity index (χ3v) is 2.18. The zero-order chi connectivity index (χ0) is 9.80. The first-order chi connectivity index (χ1) is 6.92. The molecule has 0 saturated carbocycles. The van der Waals surface area contributed by atoms with Crippen LogP contribution in [-0.2, 0) is 4.74 Å². The molecule has 3 nitrogen and oxygen atoms in total. The Labute approximate surface area is 83.8 Å². The maximum Gasteiger partial charge on any atom is 0.142 e. The summed E-state index contributed by atoms with van der Waals surface area (Å²) in [4.78, 5) is 4.27. The van der Waals surface area contributed by atoms with E-state index in [1.807, 2.05) is 18.2 Å². The van der Waals surface area contributed by atoms with Gasteiger partial charge in [0.15, 0.2) is 0 Å². The third kappa shape index (κ3) is 1.77. The summed E-state index contributed by atoms with van der Waals surface area (Å²) < 4.78 is 5.54. The lowest BCUT2D eigenvalue weighted by Gasteiger charge is -2.13. The second kappa shape index (κ2) is 4.24. The fraction of sp³-hybridized carbons (Fsp3) is 0.364. The molecule has 1 aliphatic heterocycles. The molecular weight excluding hydrogens is 176 g/mol. The molecule has 1 unspecified atom stereocenters. The van der Waals surface area contributed by atoms with Gasteiger partial charge in [0.05, 0.1) is 0 Å². The van der Waals surface area contributed by atoms with Crippen molar-refractivity contribution in [1.29, 1.82) is 0 Å². The van der Waals surface area contributed by atoms with Gasteiger partial charge in [0.1, 0.15) is 18.7 Å². The molecule has 1 aromatic carbocycles. The van der Waals surface area contributed by atoms with Crippen molar-refractivity contribution in [1.82, 2.24) is 5.32 Å². The molecule has 1 N–H and O–H groups in total. The molecule has 0 aromatic heterocycles. The molecule has 0 saturated heterocycles. The van der Waals surface area contributed by atoms with Crippen molar-refractivity contribution < 1.29 is 4.74 Å². The number of aliphatic imine (C=N–C) groups is 1. The summed E-state index contributed by atoms with van der Waals surface area (Å²) in [6.07, 6.45) is -0.00356. The number of benzene rings is 1. The van der Waals surface area contributed by atoms with E-state index in [1.165, 1.54) is 0 Å². The van der Waals surface area contributed by atoms with E-state index >= 15 is 0 Å².